The molecule has 0 aliphatic carbocycles. The lowest BCUT2D eigenvalue weighted by atomic mass is 9.84. The quantitative estimate of drug-likeness (QED) is 0.234. The van der Waals surface area contributed by atoms with Crippen LogP contribution >= 0.6 is 0 Å². The molecule has 0 spiro atoms. The molecule has 2 aromatic carbocycles. The molecule has 0 amide bonds. The van der Waals surface area contributed by atoms with Gasteiger partial charge >= 0.3 is 5.97 Å². The van der Waals surface area contributed by atoms with E-state index in [2.05, 4.69) is 21.4 Å². The molecule has 4 aromatic rings. The molecule has 0 saturated carbocycles. The fraction of sp³-hybridized carbons (Fsp3) is 0.394. The average Bonchev–Trinajstić information content (AvgIpc) is 3.39. The van der Waals surface area contributed by atoms with Crippen LogP contribution < -0.4 is 9.64 Å². The van der Waals surface area contributed by atoms with E-state index in [1.165, 1.54) is 13.2 Å². The minimum Gasteiger partial charge on any atom is -0.473 e. The largest absolute Gasteiger partial charge is 0.473 e. The lowest BCUT2D eigenvalue weighted by Gasteiger charge is -2.36. The van der Waals surface area contributed by atoms with Gasteiger partial charge in [-0.05, 0) is 61.6 Å². The monoisotopic (exact) mass is 583 g/mol. The normalized spacial score (nSPS) is 17.7. The van der Waals surface area contributed by atoms with Crippen LogP contribution in [0.2, 0.25) is 0 Å². The van der Waals surface area contributed by atoms with E-state index in [1.807, 2.05) is 30.3 Å². The Hall–Kier alpha value is -4.49. The van der Waals surface area contributed by atoms with Gasteiger partial charge in [-0.25, -0.2) is 14.2 Å². The number of hydrogen-bond donors (Lipinski definition) is 0. The van der Waals surface area contributed by atoms with Crippen LogP contribution in [0.5, 0.6) is 5.88 Å². The van der Waals surface area contributed by atoms with Crippen LogP contribution in [-0.2, 0) is 22.6 Å². The number of methoxy groups -OCH3 is 1. The second kappa shape index (κ2) is 12.4. The zero-order valence-corrected chi connectivity index (χ0v) is 24.3. The van der Waals surface area contributed by atoms with E-state index in [0.29, 0.717) is 29.5 Å². The standard InChI is InChI=1S/C33H34FN5O4/c1-21(32-36-28-9-8-24(33(40)41-2)17-29(28)39(32)19-26-12-15-42-26)23-10-13-38(14-11-23)30-4-3-5-31(37-30)43-20-25-7-6-22(18-35)16-27(25)34/h3-9,16-17,21,23,26H,10-15,19-20H2,1-2H3. The van der Waals surface area contributed by atoms with Crippen LogP contribution in [0.3, 0.4) is 0 Å². The first-order valence-corrected chi connectivity index (χ1v) is 14.7. The molecule has 2 fully saturated rings. The average molecular weight is 584 g/mol. The molecule has 2 aromatic heterocycles. The molecule has 4 heterocycles. The maximum atomic E-state index is 14.3. The maximum Gasteiger partial charge on any atom is 0.337 e. The summed E-state index contributed by atoms with van der Waals surface area (Å²) >= 11 is 0. The maximum absolute atomic E-state index is 14.3. The summed E-state index contributed by atoms with van der Waals surface area (Å²) in [5, 5.41) is 8.95. The van der Waals surface area contributed by atoms with Gasteiger partial charge in [0.25, 0.3) is 0 Å². The molecule has 10 heteroatoms. The second-order valence-corrected chi connectivity index (χ2v) is 11.2. The second-order valence-electron chi connectivity index (χ2n) is 11.2. The third kappa shape index (κ3) is 6.04. The molecule has 2 aliphatic heterocycles. The van der Waals surface area contributed by atoms with Gasteiger partial charge in [-0.1, -0.05) is 19.1 Å². The van der Waals surface area contributed by atoms with E-state index < -0.39 is 5.82 Å². The number of ether oxygens (including phenoxy) is 3. The van der Waals surface area contributed by atoms with E-state index in [0.717, 1.165) is 61.6 Å². The van der Waals surface area contributed by atoms with Gasteiger partial charge in [0.1, 0.15) is 24.1 Å². The highest BCUT2D eigenvalue weighted by Crippen LogP contribution is 2.36. The van der Waals surface area contributed by atoms with Crippen molar-refractivity contribution in [3.05, 3.63) is 82.9 Å². The van der Waals surface area contributed by atoms with Crippen molar-refractivity contribution in [3.63, 3.8) is 0 Å². The van der Waals surface area contributed by atoms with Gasteiger partial charge < -0.3 is 23.7 Å². The summed E-state index contributed by atoms with van der Waals surface area (Å²) in [5.74, 6) is 2.08. The lowest BCUT2D eigenvalue weighted by molar-refractivity contribution is -0.0592. The summed E-state index contributed by atoms with van der Waals surface area (Å²) in [6.07, 6.45) is 3.11. The van der Waals surface area contributed by atoms with Gasteiger partial charge in [0, 0.05) is 37.2 Å². The number of rotatable bonds is 9. The van der Waals surface area contributed by atoms with Gasteiger partial charge in [-0.3, -0.25) is 0 Å². The molecule has 0 bridgehead atoms. The summed E-state index contributed by atoms with van der Waals surface area (Å²) in [6, 6.07) is 17.5. The summed E-state index contributed by atoms with van der Waals surface area (Å²) in [6.45, 7) is 5.45. The number of imidazole rings is 1. The Morgan fingerprint density at radius 3 is 2.65 bits per heavy atom. The number of carbonyl (C=O) groups excluding carboxylic acids is 1. The van der Waals surface area contributed by atoms with Crippen LogP contribution in [0.15, 0.2) is 54.6 Å². The van der Waals surface area contributed by atoms with Crippen molar-refractivity contribution in [2.24, 2.45) is 5.92 Å². The van der Waals surface area contributed by atoms with Crippen LogP contribution in [0.4, 0.5) is 10.2 Å². The molecule has 0 radical (unpaired) electrons. The predicted molar refractivity (Wildman–Crippen MR) is 158 cm³/mol. The van der Waals surface area contributed by atoms with Crippen LogP contribution in [0.1, 0.15) is 59.4 Å². The van der Waals surface area contributed by atoms with E-state index in [9.17, 15) is 9.18 Å². The van der Waals surface area contributed by atoms with Crippen molar-refractivity contribution in [1.29, 1.82) is 5.26 Å². The zero-order chi connectivity index (χ0) is 29.9. The zero-order valence-electron chi connectivity index (χ0n) is 24.3. The number of pyridine rings is 1. The van der Waals surface area contributed by atoms with Gasteiger partial charge in [0.2, 0.25) is 5.88 Å². The fourth-order valence-electron chi connectivity index (χ4n) is 5.94. The number of aromatic nitrogens is 3. The third-order valence-corrected chi connectivity index (χ3v) is 8.62. The predicted octanol–water partition coefficient (Wildman–Crippen LogP) is 5.62. The highest BCUT2D eigenvalue weighted by molar-refractivity contribution is 5.93. The number of nitriles is 1. The highest BCUT2D eigenvalue weighted by atomic mass is 19.1. The molecular formula is C33H34FN5O4. The summed E-state index contributed by atoms with van der Waals surface area (Å²) in [5.41, 5.74) is 2.96. The molecule has 2 unspecified atom stereocenters. The van der Waals surface area contributed by atoms with Gasteiger partial charge in [-0.15, -0.1) is 0 Å². The minimum atomic E-state index is -0.468. The van der Waals surface area contributed by atoms with Crippen molar-refractivity contribution in [2.45, 2.75) is 51.4 Å². The number of halogens is 1. The third-order valence-electron chi connectivity index (χ3n) is 8.62. The van der Waals surface area contributed by atoms with E-state index in [1.54, 1.807) is 24.3 Å². The van der Waals surface area contributed by atoms with Crippen LogP contribution in [0.25, 0.3) is 11.0 Å². The number of carbonyl (C=O) groups is 1. The van der Waals surface area contributed by atoms with Crippen LogP contribution in [0, 0.1) is 23.1 Å². The summed E-state index contributed by atoms with van der Waals surface area (Å²) in [7, 11) is 1.39. The first kappa shape index (κ1) is 28.6. The van der Waals surface area contributed by atoms with E-state index in [-0.39, 0.29) is 30.2 Å². The molecule has 9 nitrogen and oxygen atoms in total. The van der Waals surface area contributed by atoms with E-state index >= 15 is 0 Å². The molecular weight excluding hydrogens is 549 g/mol. The van der Waals surface area contributed by atoms with Crippen molar-refractivity contribution in [2.75, 3.05) is 31.7 Å². The first-order chi connectivity index (χ1) is 20.9. The van der Waals surface area contributed by atoms with Crippen molar-refractivity contribution in [3.8, 4) is 11.9 Å². The molecule has 43 heavy (non-hydrogen) atoms. The molecule has 2 aliphatic rings. The molecule has 2 saturated heterocycles. The number of benzene rings is 2. The van der Waals surface area contributed by atoms with Crippen molar-refractivity contribution in [1.82, 2.24) is 14.5 Å². The lowest BCUT2D eigenvalue weighted by Crippen LogP contribution is -2.36. The Balaban J connectivity index is 1.13. The highest BCUT2D eigenvalue weighted by Gasteiger charge is 2.31. The Morgan fingerprint density at radius 2 is 1.95 bits per heavy atom. The number of hydrogen-bond acceptors (Lipinski definition) is 8. The number of esters is 1. The number of fused-ring (bicyclic) bond motifs is 1. The number of piperidine rings is 1. The molecule has 6 rings (SSSR count). The van der Waals surface area contributed by atoms with Crippen molar-refractivity contribution < 1.29 is 23.4 Å². The fourth-order valence-corrected chi connectivity index (χ4v) is 5.94. The smallest absolute Gasteiger partial charge is 0.337 e. The Labute approximate surface area is 249 Å². The van der Waals surface area contributed by atoms with E-state index in [4.69, 9.17) is 24.5 Å². The van der Waals surface area contributed by atoms with Gasteiger partial charge in [0.15, 0.2) is 0 Å². The van der Waals surface area contributed by atoms with Crippen LogP contribution in [-0.4, -0.2) is 53.4 Å². The summed E-state index contributed by atoms with van der Waals surface area (Å²) < 4.78 is 33.0. The Bertz CT molecular complexity index is 1670. The Morgan fingerprint density at radius 1 is 1.14 bits per heavy atom. The van der Waals surface area contributed by atoms with Gasteiger partial charge in [0.05, 0.1) is 48.0 Å². The number of anilines is 1. The van der Waals surface area contributed by atoms with Gasteiger partial charge in [-0.2, -0.15) is 10.2 Å². The molecule has 2 atom stereocenters. The summed E-state index contributed by atoms with van der Waals surface area (Å²) in [4.78, 5) is 24.2. The Kier molecular flexibility index (Phi) is 8.25. The first-order valence-electron chi connectivity index (χ1n) is 14.7. The molecule has 222 valence electrons. The SMILES string of the molecule is COC(=O)c1ccc2nc(C(C)C3CCN(c4cccc(OCc5ccc(C#N)cc5F)n4)CC3)n(CC3CCO3)c2c1. The molecule has 0 N–H and O–H groups in total. The minimum absolute atomic E-state index is 0.0294. The number of nitrogens with zero attached hydrogens (tertiary/aromatic N) is 5. The topological polar surface area (TPSA) is 102 Å². The van der Waals surface area contributed by atoms with Crippen molar-refractivity contribution >= 4 is 22.8 Å².